The van der Waals surface area contributed by atoms with Crippen LogP contribution in [0.1, 0.15) is 122 Å². The molecule has 2 nitrogen and oxygen atoms in total. The van der Waals surface area contributed by atoms with Crippen molar-refractivity contribution in [2.45, 2.75) is 134 Å². The number of hydrogen-bond donors (Lipinski definition) is 2. The van der Waals surface area contributed by atoms with Crippen molar-refractivity contribution in [3.05, 3.63) is 0 Å². The zero-order valence-corrected chi connectivity index (χ0v) is 23.8. The van der Waals surface area contributed by atoms with E-state index in [0.717, 1.165) is 32.1 Å². The van der Waals surface area contributed by atoms with Gasteiger partial charge in [-0.05, 0) is 89.3 Å². The van der Waals surface area contributed by atoms with E-state index < -0.39 is 0 Å². The molecule has 6 unspecified atom stereocenters. The van der Waals surface area contributed by atoms with E-state index in [-0.39, 0.29) is 33.9 Å². The molecular weight excluding hydrogens is 392 g/mol. The maximum atomic E-state index is 11.5. The van der Waals surface area contributed by atoms with Gasteiger partial charge in [-0.15, -0.1) is 0 Å². The topological polar surface area (TPSA) is 40.5 Å². The van der Waals surface area contributed by atoms with E-state index in [1.807, 2.05) is 0 Å². The highest BCUT2D eigenvalue weighted by Gasteiger charge is 2.49. The smallest absolute Gasteiger partial charge is 0.0606 e. The fraction of sp³-hybridized carbons (Fsp3) is 1.00. The van der Waals surface area contributed by atoms with Gasteiger partial charge >= 0.3 is 0 Å². The molecule has 2 saturated carbocycles. The number of aliphatic hydroxyl groups is 2. The molecule has 0 radical (unpaired) electrons. The Morgan fingerprint density at radius 2 is 0.812 bits per heavy atom. The van der Waals surface area contributed by atoms with Crippen LogP contribution in [0.5, 0.6) is 0 Å². The Bertz CT molecular complexity index is 576. The zero-order valence-electron chi connectivity index (χ0n) is 23.8. The molecule has 2 rings (SSSR count). The lowest BCUT2D eigenvalue weighted by atomic mass is 9.54. The van der Waals surface area contributed by atoms with E-state index in [0.29, 0.717) is 35.5 Å². The Morgan fingerprint density at radius 3 is 1.09 bits per heavy atom. The van der Waals surface area contributed by atoms with Crippen LogP contribution in [0.15, 0.2) is 0 Å². The van der Waals surface area contributed by atoms with Crippen molar-refractivity contribution >= 4 is 0 Å². The lowest BCUT2D eigenvalue weighted by Crippen LogP contribution is -2.50. The van der Waals surface area contributed by atoms with Crippen LogP contribution in [0.25, 0.3) is 0 Å². The number of rotatable bonds is 4. The summed E-state index contributed by atoms with van der Waals surface area (Å²) < 4.78 is 0. The quantitative estimate of drug-likeness (QED) is 0.456. The van der Waals surface area contributed by atoms with Crippen LogP contribution in [0.3, 0.4) is 0 Å². The molecule has 0 amide bonds. The fourth-order valence-corrected chi connectivity index (χ4v) is 7.24. The molecule has 0 aromatic rings. The zero-order chi connectivity index (χ0) is 24.9. The first-order valence-corrected chi connectivity index (χ1v) is 13.6. The third kappa shape index (κ3) is 6.32. The predicted octanol–water partition coefficient (Wildman–Crippen LogP) is 7.96. The average Bonchev–Trinajstić information content (AvgIpc) is 2.61. The summed E-state index contributed by atoms with van der Waals surface area (Å²) in [5.74, 6) is 2.82. The monoisotopic (exact) mass is 450 g/mol. The van der Waals surface area contributed by atoms with Gasteiger partial charge < -0.3 is 10.2 Å². The van der Waals surface area contributed by atoms with E-state index in [1.54, 1.807) is 0 Å². The Hall–Kier alpha value is -0.0800. The summed E-state index contributed by atoms with van der Waals surface area (Å²) in [7, 11) is 0. The van der Waals surface area contributed by atoms with Gasteiger partial charge in [-0.1, -0.05) is 89.5 Å². The molecule has 2 fully saturated rings. The molecule has 0 aromatic carbocycles. The maximum Gasteiger partial charge on any atom is 0.0606 e. The second-order valence-corrected chi connectivity index (χ2v) is 15.8. The molecule has 0 aliphatic heterocycles. The summed E-state index contributed by atoms with van der Waals surface area (Å²) >= 11 is 0. The predicted molar refractivity (Wildman–Crippen MR) is 138 cm³/mol. The molecule has 0 bridgehead atoms. The Balaban J connectivity index is 2.29. The third-order valence-corrected chi connectivity index (χ3v) is 9.92. The lowest BCUT2D eigenvalue weighted by molar-refractivity contribution is -0.105. The highest BCUT2D eigenvalue weighted by atomic mass is 16.3. The minimum absolute atomic E-state index is 0.130. The Labute approximate surface area is 201 Å². The molecule has 0 aromatic heterocycles. The molecule has 2 aliphatic rings. The number of hydrogen-bond acceptors (Lipinski definition) is 2. The molecule has 2 N–H and O–H groups in total. The van der Waals surface area contributed by atoms with Crippen molar-refractivity contribution in [2.75, 3.05) is 0 Å². The highest BCUT2D eigenvalue weighted by molar-refractivity contribution is 4.99. The van der Waals surface area contributed by atoms with E-state index in [2.05, 4.69) is 83.1 Å². The van der Waals surface area contributed by atoms with Crippen LogP contribution in [0, 0.1) is 57.2 Å². The third-order valence-electron chi connectivity index (χ3n) is 9.92. The molecular formula is C30H58O2. The van der Waals surface area contributed by atoms with Crippen molar-refractivity contribution in [3.63, 3.8) is 0 Å². The van der Waals surface area contributed by atoms with Gasteiger partial charge in [-0.3, -0.25) is 0 Å². The van der Waals surface area contributed by atoms with E-state index in [4.69, 9.17) is 0 Å². The van der Waals surface area contributed by atoms with E-state index in [9.17, 15) is 10.2 Å². The molecule has 32 heavy (non-hydrogen) atoms. The largest absolute Gasteiger partial charge is 0.393 e. The summed E-state index contributed by atoms with van der Waals surface area (Å²) in [6.07, 6.45) is 6.60. The summed E-state index contributed by atoms with van der Waals surface area (Å²) in [5, 5.41) is 22.8. The first kappa shape index (κ1) is 28.2. The van der Waals surface area contributed by atoms with Crippen molar-refractivity contribution in [1.82, 2.24) is 0 Å². The standard InChI is InChI=1S/C30H58O2/c1-13-30(11,12)24-18-20(17-23(26(24)32)29(8,9)10)14-19-15-21(27(2,3)4)25(31)22(16-19)28(5,6)7/h19-26,31-32H,13-18H2,1-12H3. The van der Waals surface area contributed by atoms with E-state index >= 15 is 0 Å². The molecule has 0 saturated heterocycles. The Morgan fingerprint density at radius 1 is 0.531 bits per heavy atom. The minimum atomic E-state index is -0.200. The van der Waals surface area contributed by atoms with Crippen molar-refractivity contribution < 1.29 is 10.2 Å². The van der Waals surface area contributed by atoms with Gasteiger partial charge in [0.2, 0.25) is 0 Å². The summed E-state index contributed by atoms with van der Waals surface area (Å²) in [5.41, 5.74) is 0.563. The molecule has 0 spiro atoms. The summed E-state index contributed by atoms with van der Waals surface area (Å²) in [4.78, 5) is 0. The van der Waals surface area contributed by atoms with E-state index in [1.165, 1.54) is 6.42 Å². The fourth-order valence-electron chi connectivity index (χ4n) is 7.24. The molecule has 190 valence electrons. The van der Waals surface area contributed by atoms with Crippen LogP contribution in [-0.4, -0.2) is 22.4 Å². The van der Waals surface area contributed by atoms with Crippen molar-refractivity contribution in [3.8, 4) is 0 Å². The normalized spacial score (nSPS) is 38.1. The van der Waals surface area contributed by atoms with Crippen LogP contribution < -0.4 is 0 Å². The highest BCUT2D eigenvalue weighted by Crippen LogP contribution is 2.54. The van der Waals surface area contributed by atoms with Gasteiger partial charge in [-0.25, -0.2) is 0 Å². The molecule has 2 aliphatic carbocycles. The average molecular weight is 451 g/mol. The van der Waals surface area contributed by atoms with Gasteiger partial charge in [0, 0.05) is 0 Å². The summed E-state index contributed by atoms with van der Waals surface area (Å²) in [6, 6.07) is 0. The summed E-state index contributed by atoms with van der Waals surface area (Å²) in [6.45, 7) is 27.9. The number of aliphatic hydroxyl groups excluding tert-OH is 2. The molecule has 6 atom stereocenters. The molecule has 2 heteroatoms. The van der Waals surface area contributed by atoms with Gasteiger partial charge in [0.15, 0.2) is 0 Å². The van der Waals surface area contributed by atoms with Crippen LogP contribution >= 0.6 is 0 Å². The van der Waals surface area contributed by atoms with Gasteiger partial charge in [0.05, 0.1) is 12.2 Å². The van der Waals surface area contributed by atoms with Crippen molar-refractivity contribution in [2.24, 2.45) is 57.2 Å². The first-order valence-electron chi connectivity index (χ1n) is 13.6. The van der Waals surface area contributed by atoms with Crippen LogP contribution in [0.2, 0.25) is 0 Å². The Kier molecular flexibility index (Phi) is 8.38. The lowest BCUT2D eigenvalue weighted by Gasteiger charge is -2.52. The minimum Gasteiger partial charge on any atom is -0.393 e. The van der Waals surface area contributed by atoms with Crippen molar-refractivity contribution in [1.29, 1.82) is 0 Å². The SMILES string of the molecule is CCC(C)(C)C1CC(CC2CC(C(C)(C)C)C(O)C(C(C)(C)C)C2)CC(C(C)(C)C)C1O. The first-order chi connectivity index (χ1) is 14.3. The van der Waals surface area contributed by atoms with Gasteiger partial charge in [-0.2, -0.15) is 0 Å². The van der Waals surface area contributed by atoms with Crippen LogP contribution in [0.4, 0.5) is 0 Å². The second kappa shape index (κ2) is 9.52. The maximum absolute atomic E-state index is 11.5. The van der Waals surface area contributed by atoms with Crippen LogP contribution in [-0.2, 0) is 0 Å². The van der Waals surface area contributed by atoms with Gasteiger partial charge in [0.1, 0.15) is 0 Å². The second-order valence-electron chi connectivity index (χ2n) is 15.8. The molecule has 0 heterocycles. The van der Waals surface area contributed by atoms with Gasteiger partial charge in [0.25, 0.3) is 0 Å².